The molecule has 6 nitrogen and oxygen atoms in total. The van der Waals surface area contributed by atoms with Crippen LogP contribution in [0, 0.1) is 11.3 Å². The SMILES string of the molecule is CCC(CC#N)NS(=O)(=O)CCC(=O)O. The minimum atomic E-state index is -3.59. The van der Waals surface area contributed by atoms with E-state index in [1.54, 1.807) is 6.92 Å². The number of nitrogens with zero attached hydrogens (tertiary/aromatic N) is 1. The first kappa shape index (κ1) is 13.9. The third kappa shape index (κ3) is 6.88. The molecule has 0 fully saturated rings. The molecule has 15 heavy (non-hydrogen) atoms. The molecule has 0 aromatic rings. The maximum absolute atomic E-state index is 11.3. The van der Waals surface area contributed by atoms with Gasteiger partial charge in [0.2, 0.25) is 10.0 Å². The zero-order chi connectivity index (χ0) is 11.9. The minimum Gasteiger partial charge on any atom is -0.481 e. The van der Waals surface area contributed by atoms with E-state index in [9.17, 15) is 13.2 Å². The minimum absolute atomic E-state index is 0.0861. The predicted molar refractivity (Wildman–Crippen MR) is 53.5 cm³/mol. The maximum atomic E-state index is 11.3. The predicted octanol–water partition coefficient (Wildman–Crippen LogP) is 0.0728. The molecule has 0 bridgehead atoms. The van der Waals surface area contributed by atoms with E-state index in [0.29, 0.717) is 6.42 Å². The summed E-state index contributed by atoms with van der Waals surface area (Å²) >= 11 is 0. The van der Waals surface area contributed by atoms with E-state index in [4.69, 9.17) is 10.4 Å². The van der Waals surface area contributed by atoms with E-state index >= 15 is 0 Å². The van der Waals surface area contributed by atoms with Crippen molar-refractivity contribution in [1.82, 2.24) is 4.72 Å². The molecule has 0 aromatic heterocycles. The van der Waals surface area contributed by atoms with Crippen LogP contribution in [0.25, 0.3) is 0 Å². The van der Waals surface area contributed by atoms with Crippen LogP contribution in [0.1, 0.15) is 26.2 Å². The van der Waals surface area contributed by atoms with Crippen LogP contribution in [0.4, 0.5) is 0 Å². The summed E-state index contributed by atoms with van der Waals surface area (Å²) in [6.45, 7) is 1.75. The second-order valence-corrected chi connectivity index (χ2v) is 4.92. The smallest absolute Gasteiger partial charge is 0.304 e. The molecule has 0 rings (SSSR count). The Morgan fingerprint density at radius 1 is 1.60 bits per heavy atom. The van der Waals surface area contributed by atoms with Crippen molar-refractivity contribution in [3.05, 3.63) is 0 Å². The van der Waals surface area contributed by atoms with Crippen LogP contribution in [0.5, 0.6) is 0 Å². The number of hydrogen-bond acceptors (Lipinski definition) is 4. The van der Waals surface area contributed by atoms with Gasteiger partial charge in [0, 0.05) is 6.04 Å². The fraction of sp³-hybridized carbons (Fsp3) is 0.750. The van der Waals surface area contributed by atoms with Gasteiger partial charge in [0.15, 0.2) is 0 Å². The molecule has 0 spiro atoms. The molecular weight excluding hydrogens is 220 g/mol. The lowest BCUT2D eigenvalue weighted by molar-refractivity contribution is -0.136. The summed E-state index contributed by atoms with van der Waals surface area (Å²) in [7, 11) is -3.59. The van der Waals surface area contributed by atoms with Gasteiger partial charge in [0.1, 0.15) is 0 Å². The molecule has 0 aliphatic rings. The second-order valence-electron chi connectivity index (χ2n) is 3.05. The Morgan fingerprint density at radius 3 is 2.60 bits per heavy atom. The number of hydrogen-bond donors (Lipinski definition) is 2. The van der Waals surface area contributed by atoms with E-state index in [0.717, 1.165) is 0 Å². The zero-order valence-corrected chi connectivity index (χ0v) is 9.25. The van der Waals surface area contributed by atoms with Crippen molar-refractivity contribution in [3.8, 4) is 6.07 Å². The molecule has 0 radical (unpaired) electrons. The van der Waals surface area contributed by atoms with Crippen molar-refractivity contribution >= 4 is 16.0 Å². The molecule has 0 aliphatic carbocycles. The van der Waals surface area contributed by atoms with Crippen LogP contribution in [-0.4, -0.2) is 31.3 Å². The summed E-state index contributed by atoms with van der Waals surface area (Å²) in [6.07, 6.45) is 0.154. The fourth-order valence-corrected chi connectivity index (χ4v) is 2.23. The summed E-state index contributed by atoms with van der Waals surface area (Å²) < 4.78 is 24.9. The molecule has 2 N–H and O–H groups in total. The first-order valence-corrected chi connectivity index (χ1v) is 6.15. The van der Waals surface area contributed by atoms with Crippen molar-refractivity contribution in [2.24, 2.45) is 0 Å². The summed E-state index contributed by atoms with van der Waals surface area (Å²) in [4.78, 5) is 10.2. The van der Waals surface area contributed by atoms with Crippen LogP contribution in [0.2, 0.25) is 0 Å². The largest absolute Gasteiger partial charge is 0.481 e. The molecule has 1 unspecified atom stereocenters. The Labute approximate surface area is 89.0 Å². The van der Waals surface area contributed by atoms with E-state index in [1.165, 1.54) is 0 Å². The zero-order valence-electron chi connectivity index (χ0n) is 8.43. The monoisotopic (exact) mass is 234 g/mol. The summed E-state index contributed by atoms with van der Waals surface area (Å²) in [6, 6.07) is 1.43. The Hall–Kier alpha value is -1.13. The van der Waals surface area contributed by atoms with Gasteiger partial charge in [0.25, 0.3) is 0 Å². The van der Waals surface area contributed by atoms with Gasteiger partial charge in [-0.15, -0.1) is 0 Å². The molecule has 1 atom stereocenters. The van der Waals surface area contributed by atoms with E-state index in [1.807, 2.05) is 6.07 Å². The molecule has 0 amide bonds. The maximum Gasteiger partial charge on any atom is 0.304 e. The number of carboxylic acids is 1. The van der Waals surface area contributed by atoms with Crippen molar-refractivity contribution in [1.29, 1.82) is 5.26 Å². The second kappa shape index (κ2) is 6.37. The Balaban J connectivity index is 4.24. The molecule has 86 valence electrons. The number of carbonyl (C=O) groups is 1. The molecule has 7 heteroatoms. The Morgan fingerprint density at radius 2 is 2.20 bits per heavy atom. The number of sulfonamides is 1. The highest BCUT2D eigenvalue weighted by Gasteiger charge is 2.17. The van der Waals surface area contributed by atoms with E-state index in [2.05, 4.69) is 4.72 Å². The Bertz CT molecular complexity index is 344. The van der Waals surface area contributed by atoms with Crippen molar-refractivity contribution < 1.29 is 18.3 Å². The van der Waals surface area contributed by atoms with E-state index < -0.39 is 34.2 Å². The van der Waals surface area contributed by atoms with Crippen LogP contribution < -0.4 is 4.72 Å². The average molecular weight is 234 g/mol. The van der Waals surface area contributed by atoms with Crippen molar-refractivity contribution in [2.45, 2.75) is 32.2 Å². The summed E-state index contributed by atoms with van der Waals surface area (Å²) in [5, 5.41) is 16.7. The quantitative estimate of drug-likeness (QED) is 0.648. The number of nitriles is 1. The molecule has 0 aromatic carbocycles. The summed E-state index contributed by atoms with van der Waals surface area (Å²) in [5.74, 6) is -1.61. The lowest BCUT2D eigenvalue weighted by Crippen LogP contribution is -2.36. The van der Waals surface area contributed by atoms with Crippen molar-refractivity contribution in [2.75, 3.05) is 5.75 Å². The first-order valence-electron chi connectivity index (χ1n) is 4.50. The third-order valence-corrected chi connectivity index (χ3v) is 3.20. The number of nitrogens with one attached hydrogen (secondary N) is 1. The van der Waals surface area contributed by atoms with Gasteiger partial charge in [0.05, 0.1) is 24.7 Å². The third-order valence-electron chi connectivity index (χ3n) is 1.76. The van der Waals surface area contributed by atoms with Crippen LogP contribution in [0.3, 0.4) is 0 Å². The molecule has 0 saturated heterocycles. The number of aliphatic carboxylic acids is 1. The van der Waals surface area contributed by atoms with Gasteiger partial charge in [-0.05, 0) is 6.42 Å². The van der Waals surface area contributed by atoms with Crippen LogP contribution >= 0.6 is 0 Å². The number of carboxylic acid groups (broad SMARTS) is 1. The van der Waals surface area contributed by atoms with Gasteiger partial charge in [-0.1, -0.05) is 6.92 Å². The Kier molecular flexibility index (Phi) is 5.89. The van der Waals surface area contributed by atoms with Crippen LogP contribution in [-0.2, 0) is 14.8 Å². The molecule has 0 heterocycles. The van der Waals surface area contributed by atoms with Gasteiger partial charge in [-0.25, -0.2) is 13.1 Å². The first-order chi connectivity index (χ1) is 6.91. The van der Waals surface area contributed by atoms with Gasteiger partial charge >= 0.3 is 5.97 Å². The fourth-order valence-electron chi connectivity index (χ4n) is 0.914. The highest BCUT2D eigenvalue weighted by atomic mass is 32.2. The molecule has 0 aliphatic heterocycles. The van der Waals surface area contributed by atoms with E-state index in [-0.39, 0.29) is 6.42 Å². The van der Waals surface area contributed by atoms with Gasteiger partial charge < -0.3 is 5.11 Å². The highest BCUT2D eigenvalue weighted by molar-refractivity contribution is 7.89. The molecular formula is C8H14N2O4S. The normalized spacial score (nSPS) is 13.1. The lowest BCUT2D eigenvalue weighted by atomic mass is 10.2. The topological polar surface area (TPSA) is 107 Å². The average Bonchev–Trinajstić information content (AvgIpc) is 2.14. The van der Waals surface area contributed by atoms with Gasteiger partial charge in [-0.3, -0.25) is 4.79 Å². The van der Waals surface area contributed by atoms with Crippen LogP contribution in [0.15, 0.2) is 0 Å². The number of rotatable bonds is 7. The molecule has 0 saturated carbocycles. The standard InChI is InChI=1S/C8H14N2O4S/c1-2-7(3-5-9)10-15(13,14)6-4-8(11)12/h7,10H,2-4,6H2,1H3,(H,11,12). The lowest BCUT2D eigenvalue weighted by Gasteiger charge is -2.12. The van der Waals surface area contributed by atoms with Crippen molar-refractivity contribution in [3.63, 3.8) is 0 Å². The van der Waals surface area contributed by atoms with Gasteiger partial charge in [-0.2, -0.15) is 5.26 Å². The summed E-state index contributed by atoms with van der Waals surface area (Å²) in [5.41, 5.74) is 0. The highest BCUT2D eigenvalue weighted by Crippen LogP contribution is 2.00.